The van der Waals surface area contributed by atoms with Gasteiger partial charge in [0.15, 0.2) is 6.29 Å². The molecule has 0 amide bonds. The van der Waals surface area contributed by atoms with E-state index in [9.17, 15) is 0 Å². The van der Waals surface area contributed by atoms with E-state index in [2.05, 4.69) is 91.9 Å². The first-order chi connectivity index (χ1) is 10.7. The second kappa shape index (κ2) is 8.19. The van der Waals surface area contributed by atoms with Crippen molar-refractivity contribution in [1.29, 1.82) is 0 Å². The van der Waals surface area contributed by atoms with Crippen molar-refractivity contribution < 1.29 is 14.2 Å². The highest BCUT2D eigenvalue weighted by Crippen LogP contribution is 2.33. The molecule has 5 heteroatoms. The smallest absolute Gasteiger partial charge is 0.161 e. The predicted molar refractivity (Wildman–Crippen MR) is 110 cm³/mol. The number of hydrogen-bond donors (Lipinski definition) is 0. The SMILES string of the molecule is Cc1cc(I)c(OCCC2OC(C)CC(C(C)(C)C)O2)c(I)c1. The van der Waals surface area contributed by atoms with Gasteiger partial charge in [0.2, 0.25) is 0 Å². The Bertz CT molecular complexity index is 517. The maximum Gasteiger partial charge on any atom is 0.161 e. The summed E-state index contributed by atoms with van der Waals surface area (Å²) >= 11 is 4.66. The van der Waals surface area contributed by atoms with E-state index in [1.165, 1.54) is 5.56 Å². The number of ether oxygens (including phenoxy) is 3. The van der Waals surface area contributed by atoms with Crippen LogP contribution in [0, 0.1) is 19.5 Å². The molecule has 1 aliphatic rings. The summed E-state index contributed by atoms with van der Waals surface area (Å²) in [5.74, 6) is 0.966. The van der Waals surface area contributed by atoms with E-state index < -0.39 is 0 Å². The Morgan fingerprint density at radius 3 is 2.35 bits per heavy atom. The van der Waals surface area contributed by atoms with Gasteiger partial charge in [0.05, 0.1) is 26.0 Å². The van der Waals surface area contributed by atoms with Crippen molar-refractivity contribution in [3.8, 4) is 5.75 Å². The highest BCUT2D eigenvalue weighted by atomic mass is 127. The highest BCUT2D eigenvalue weighted by Gasteiger charge is 2.35. The maximum absolute atomic E-state index is 6.13. The number of aryl methyl sites for hydroxylation is 1. The lowest BCUT2D eigenvalue weighted by atomic mass is 9.85. The molecule has 0 radical (unpaired) electrons. The lowest BCUT2D eigenvalue weighted by molar-refractivity contribution is -0.261. The molecular weight excluding hydrogens is 518 g/mol. The lowest BCUT2D eigenvalue weighted by Gasteiger charge is -2.40. The first-order valence-electron chi connectivity index (χ1n) is 8.06. The maximum atomic E-state index is 6.13. The molecule has 3 atom stereocenters. The van der Waals surface area contributed by atoms with Gasteiger partial charge in [-0.3, -0.25) is 0 Å². The molecule has 1 aromatic carbocycles. The van der Waals surface area contributed by atoms with Crippen molar-refractivity contribution in [2.45, 2.75) is 66.0 Å². The van der Waals surface area contributed by atoms with E-state index in [1.807, 2.05) is 0 Å². The fraction of sp³-hybridized carbons (Fsp3) is 0.667. The van der Waals surface area contributed by atoms with Crippen LogP contribution < -0.4 is 4.74 Å². The van der Waals surface area contributed by atoms with Crippen LogP contribution in [-0.2, 0) is 9.47 Å². The second-order valence-corrected chi connectivity index (χ2v) is 9.62. The van der Waals surface area contributed by atoms with Crippen LogP contribution >= 0.6 is 45.2 Å². The van der Waals surface area contributed by atoms with Gasteiger partial charge in [-0.2, -0.15) is 0 Å². The highest BCUT2D eigenvalue weighted by molar-refractivity contribution is 14.1. The molecule has 1 aliphatic heterocycles. The van der Waals surface area contributed by atoms with Crippen LogP contribution in [0.1, 0.15) is 46.1 Å². The summed E-state index contributed by atoms with van der Waals surface area (Å²) in [6.07, 6.45) is 1.99. The third kappa shape index (κ3) is 5.71. The van der Waals surface area contributed by atoms with Gasteiger partial charge < -0.3 is 14.2 Å². The number of hydrogen-bond acceptors (Lipinski definition) is 3. The molecule has 0 aromatic heterocycles. The van der Waals surface area contributed by atoms with E-state index >= 15 is 0 Å². The molecule has 1 heterocycles. The molecule has 0 saturated carbocycles. The fourth-order valence-corrected chi connectivity index (χ4v) is 5.05. The predicted octanol–water partition coefficient (Wildman–Crippen LogP) is 5.54. The molecule has 3 nitrogen and oxygen atoms in total. The molecule has 0 aliphatic carbocycles. The summed E-state index contributed by atoms with van der Waals surface area (Å²) in [4.78, 5) is 0. The first-order valence-corrected chi connectivity index (χ1v) is 10.2. The minimum absolute atomic E-state index is 0.138. The van der Waals surface area contributed by atoms with Crippen LogP contribution in [0.3, 0.4) is 0 Å². The molecule has 130 valence electrons. The van der Waals surface area contributed by atoms with E-state index in [-0.39, 0.29) is 23.9 Å². The van der Waals surface area contributed by atoms with Crippen LogP contribution in [0.25, 0.3) is 0 Å². The van der Waals surface area contributed by atoms with Crippen LogP contribution in [-0.4, -0.2) is 25.1 Å². The van der Waals surface area contributed by atoms with E-state index in [0.29, 0.717) is 6.61 Å². The zero-order valence-electron chi connectivity index (χ0n) is 14.5. The van der Waals surface area contributed by atoms with Gasteiger partial charge in [-0.1, -0.05) is 20.8 Å². The third-order valence-electron chi connectivity index (χ3n) is 3.95. The molecule has 1 fully saturated rings. The minimum atomic E-state index is -0.177. The van der Waals surface area contributed by atoms with Crippen molar-refractivity contribution in [3.05, 3.63) is 24.8 Å². The summed E-state index contributed by atoms with van der Waals surface area (Å²) in [7, 11) is 0. The Kier molecular flexibility index (Phi) is 7.02. The van der Waals surface area contributed by atoms with Gasteiger partial charge in [-0.05, 0) is 82.1 Å². The zero-order chi connectivity index (χ0) is 17.2. The van der Waals surface area contributed by atoms with Gasteiger partial charge in [-0.15, -0.1) is 0 Å². The monoisotopic (exact) mass is 544 g/mol. The summed E-state index contributed by atoms with van der Waals surface area (Å²) < 4.78 is 20.4. The average molecular weight is 544 g/mol. The van der Waals surface area contributed by atoms with Crippen LogP contribution in [0.5, 0.6) is 5.75 Å². The standard InChI is InChI=1S/C18H26I2O3/c1-11-8-13(19)17(14(20)9-11)21-7-6-16-22-12(2)10-15(23-16)18(3,4)5/h8-9,12,15-16H,6-7,10H2,1-5H3. The molecule has 1 saturated heterocycles. The topological polar surface area (TPSA) is 27.7 Å². The molecular formula is C18H26I2O3. The quantitative estimate of drug-likeness (QED) is 0.467. The van der Waals surface area contributed by atoms with Gasteiger partial charge >= 0.3 is 0 Å². The van der Waals surface area contributed by atoms with Gasteiger partial charge in [0.1, 0.15) is 5.75 Å². The summed E-state index contributed by atoms with van der Waals surface area (Å²) in [6.45, 7) is 11.5. The van der Waals surface area contributed by atoms with Crippen molar-refractivity contribution in [1.82, 2.24) is 0 Å². The van der Waals surface area contributed by atoms with E-state index in [1.54, 1.807) is 0 Å². The summed E-state index contributed by atoms with van der Waals surface area (Å²) in [5.41, 5.74) is 1.39. The molecule has 0 bridgehead atoms. The Morgan fingerprint density at radius 2 is 1.78 bits per heavy atom. The largest absolute Gasteiger partial charge is 0.491 e. The van der Waals surface area contributed by atoms with Gasteiger partial charge in [-0.25, -0.2) is 0 Å². The van der Waals surface area contributed by atoms with E-state index in [0.717, 1.165) is 25.7 Å². The molecule has 3 unspecified atom stereocenters. The fourth-order valence-electron chi connectivity index (χ4n) is 2.66. The average Bonchev–Trinajstić information content (AvgIpc) is 2.40. The van der Waals surface area contributed by atoms with Crippen LogP contribution in [0.2, 0.25) is 0 Å². The normalized spacial score (nSPS) is 25.4. The van der Waals surface area contributed by atoms with Crippen molar-refractivity contribution in [2.24, 2.45) is 5.41 Å². The molecule has 0 N–H and O–H groups in total. The molecule has 0 spiro atoms. The number of rotatable bonds is 4. The molecule has 1 aromatic rings. The number of halogens is 2. The van der Waals surface area contributed by atoms with Crippen LogP contribution in [0.4, 0.5) is 0 Å². The van der Waals surface area contributed by atoms with Crippen molar-refractivity contribution in [2.75, 3.05) is 6.61 Å². The third-order valence-corrected chi connectivity index (χ3v) is 5.56. The Balaban J connectivity index is 1.91. The molecule has 23 heavy (non-hydrogen) atoms. The van der Waals surface area contributed by atoms with Gasteiger partial charge in [0.25, 0.3) is 0 Å². The Labute approximate surface area is 167 Å². The van der Waals surface area contributed by atoms with Gasteiger partial charge in [0, 0.05) is 12.8 Å². The second-order valence-electron chi connectivity index (χ2n) is 7.30. The summed E-state index contributed by atoms with van der Waals surface area (Å²) in [5, 5.41) is 0. The number of benzene rings is 1. The first kappa shape index (κ1) is 19.7. The van der Waals surface area contributed by atoms with Crippen molar-refractivity contribution >= 4 is 45.2 Å². The zero-order valence-corrected chi connectivity index (χ0v) is 18.8. The lowest BCUT2D eigenvalue weighted by Crippen LogP contribution is -2.43. The van der Waals surface area contributed by atoms with Crippen molar-refractivity contribution in [3.63, 3.8) is 0 Å². The van der Waals surface area contributed by atoms with Crippen LogP contribution in [0.15, 0.2) is 12.1 Å². The Morgan fingerprint density at radius 1 is 1.17 bits per heavy atom. The summed E-state index contributed by atoms with van der Waals surface area (Å²) in [6, 6.07) is 4.28. The minimum Gasteiger partial charge on any atom is -0.491 e. The molecule has 2 rings (SSSR count). The Hall–Kier alpha value is 0.400. The van der Waals surface area contributed by atoms with E-state index in [4.69, 9.17) is 14.2 Å².